The number of aliphatic hydroxyl groups excluding tert-OH is 1. The molecule has 0 saturated heterocycles. The van der Waals surface area contributed by atoms with Crippen molar-refractivity contribution in [2.24, 2.45) is 0 Å². The van der Waals surface area contributed by atoms with E-state index in [1.807, 2.05) is 19.2 Å². The van der Waals surface area contributed by atoms with Crippen LogP contribution in [-0.4, -0.2) is 60.5 Å². The van der Waals surface area contributed by atoms with Crippen LogP contribution in [0.5, 0.6) is 5.88 Å². The molecule has 0 spiro atoms. The van der Waals surface area contributed by atoms with Crippen LogP contribution in [0.4, 0.5) is 10.5 Å². The molecule has 4 heterocycles. The van der Waals surface area contributed by atoms with Crippen LogP contribution in [0.3, 0.4) is 0 Å². The van der Waals surface area contributed by atoms with E-state index in [0.717, 1.165) is 53.8 Å². The van der Waals surface area contributed by atoms with Gasteiger partial charge in [0.05, 0.1) is 24.0 Å². The van der Waals surface area contributed by atoms with Gasteiger partial charge in [-0.25, -0.2) is 22.6 Å². The van der Waals surface area contributed by atoms with Gasteiger partial charge in [-0.15, -0.1) is 11.3 Å². The maximum absolute atomic E-state index is 13.1. The van der Waals surface area contributed by atoms with Gasteiger partial charge >= 0.3 is 6.03 Å². The Kier molecular flexibility index (Phi) is 5.78. The highest BCUT2D eigenvalue weighted by molar-refractivity contribution is 7.92. The Labute approximate surface area is 212 Å². The van der Waals surface area contributed by atoms with Crippen LogP contribution in [0.1, 0.15) is 28.0 Å². The Hall–Kier alpha value is -2.93. The summed E-state index contributed by atoms with van der Waals surface area (Å²) >= 11 is 1.22. The van der Waals surface area contributed by atoms with Gasteiger partial charge < -0.3 is 20.1 Å². The fraction of sp³-hybridized carbons (Fsp3) is 0.417. The smallest absolute Gasteiger partial charge is 0.333 e. The van der Waals surface area contributed by atoms with Crippen LogP contribution in [0.2, 0.25) is 0 Å². The first-order chi connectivity index (χ1) is 17.3. The normalized spacial score (nSPS) is 19.2. The molecule has 0 radical (unpaired) electrons. The van der Waals surface area contributed by atoms with Crippen molar-refractivity contribution in [2.45, 2.75) is 49.1 Å². The number of aromatic nitrogens is 2. The monoisotopic (exact) mass is 529 g/mol. The first kappa shape index (κ1) is 23.5. The van der Waals surface area contributed by atoms with Crippen molar-refractivity contribution in [3.8, 4) is 17.0 Å². The molecule has 0 saturated carbocycles. The lowest BCUT2D eigenvalue weighted by atomic mass is 9.99. The molecule has 3 aromatic rings. The molecular weight excluding hydrogens is 502 g/mol. The third-order valence-electron chi connectivity index (χ3n) is 6.93. The number of carbonyl (C=O) groups excluding carboxylic acids is 1. The lowest BCUT2D eigenvalue weighted by Crippen LogP contribution is -2.34. The third-order valence-corrected chi connectivity index (χ3v) is 9.97. The number of rotatable bonds is 4. The molecule has 1 atom stereocenters. The number of aryl methyl sites for hydroxylation is 1. The molecule has 36 heavy (non-hydrogen) atoms. The molecule has 2 amide bonds. The quantitative estimate of drug-likeness (QED) is 0.474. The van der Waals surface area contributed by atoms with Gasteiger partial charge in [-0.2, -0.15) is 5.10 Å². The Morgan fingerprint density at radius 2 is 2.08 bits per heavy atom. The number of anilines is 1. The average molecular weight is 530 g/mol. The number of hydrogen-bond donors (Lipinski definition) is 3. The molecule has 1 unspecified atom stereocenters. The molecule has 3 aliphatic rings. The average Bonchev–Trinajstić information content (AvgIpc) is 3.56. The summed E-state index contributed by atoms with van der Waals surface area (Å²) < 4.78 is 35.8. The van der Waals surface area contributed by atoms with Crippen LogP contribution in [0.25, 0.3) is 11.1 Å². The number of carbonyl (C=O) groups is 1. The third kappa shape index (κ3) is 4.17. The first-order valence-corrected chi connectivity index (χ1v) is 14.2. The Bertz CT molecular complexity index is 1460. The zero-order valence-electron chi connectivity index (χ0n) is 19.8. The van der Waals surface area contributed by atoms with Gasteiger partial charge in [0.25, 0.3) is 10.0 Å². The molecule has 2 aromatic heterocycles. The molecule has 2 aliphatic heterocycles. The van der Waals surface area contributed by atoms with Gasteiger partial charge in [0, 0.05) is 23.5 Å². The van der Waals surface area contributed by atoms with Crippen molar-refractivity contribution in [2.75, 3.05) is 25.5 Å². The minimum Gasteiger partial charge on any atom is -0.475 e. The highest BCUT2D eigenvalue weighted by Crippen LogP contribution is 2.41. The SMILES string of the molecule is CN1CCc2sc(S(=O)(=O)NC(=O)Nc3c(-c4cnn5c4OCC(O)C5)ccc4c3CCC4)cc2C1. The minimum absolute atomic E-state index is 0.147. The second-order valence-electron chi connectivity index (χ2n) is 9.55. The second-order valence-corrected chi connectivity index (χ2v) is 12.6. The maximum Gasteiger partial charge on any atom is 0.333 e. The molecule has 12 heteroatoms. The van der Waals surface area contributed by atoms with Crippen molar-refractivity contribution < 1.29 is 23.1 Å². The van der Waals surface area contributed by atoms with E-state index in [9.17, 15) is 18.3 Å². The Morgan fingerprint density at radius 1 is 1.22 bits per heavy atom. The lowest BCUT2D eigenvalue weighted by Gasteiger charge is -2.22. The number of nitrogens with one attached hydrogen (secondary N) is 2. The molecule has 0 bridgehead atoms. The molecule has 3 N–H and O–H groups in total. The van der Waals surface area contributed by atoms with E-state index in [1.165, 1.54) is 11.3 Å². The lowest BCUT2D eigenvalue weighted by molar-refractivity contribution is 0.0562. The van der Waals surface area contributed by atoms with Crippen molar-refractivity contribution >= 4 is 33.1 Å². The number of sulfonamides is 1. The summed E-state index contributed by atoms with van der Waals surface area (Å²) in [5.41, 5.74) is 5.07. The molecule has 0 fully saturated rings. The summed E-state index contributed by atoms with van der Waals surface area (Å²) in [4.78, 5) is 16.3. The van der Waals surface area contributed by atoms with Gasteiger partial charge in [-0.05, 0) is 55.5 Å². The van der Waals surface area contributed by atoms with Crippen LogP contribution in [0, 0.1) is 0 Å². The predicted octanol–water partition coefficient (Wildman–Crippen LogP) is 2.35. The fourth-order valence-electron chi connectivity index (χ4n) is 5.19. The minimum atomic E-state index is -4.02. The van der Waals surface area contributed by atoms with E-state index in [-0.39, 0.29) is 10.8 Å². The highest BCUT2D eigenvalue weighted by atomic mass is 32.2. The molecule has 1 aliphatic carbocycles. The standard InChI is InChI=1S/C24H27N5O5S2/c1-28-8-7-20-15(11-28)9-21(35-20)36(32,33)27-24(31)26-22-17-4-2-3-14(17)5-6-18(22)19-10-25-29-12-16(30)13-34-23(19)29/h5-6,9-10,16,30H,2-4,7-8,11-13H2,1H3,(H2,26,27,31). The van der Waals surface area contributed by atoms with Crippen LogP contribution >= 0.6 is 11.3 Å². The van der Waals surface area contributed by atoms with Crippen molar-refractivity contribution in [3.05, 3.63) is 46.0 Å². The number of urea groups is 1. The zero-order chi connectivity index (χ0) is 25.0. The van der Waals surface area contributed by atoms with Gasteiger partial charge in [-0.3, -0.25) is 0 Å². The van der Waals surface area contributed by atoms with Crippen LogP contribution in [-0.2, 0) is 42.4 Å². The van der Waals surface area contributed by atoms with E-state index in [2.05, 4.69) is 20.0 Å². The van der Waals surface area contributed by atoms with E-state index in [0.29, 0.717) is 35.8 Å². The van der Waals surface area contributed by atoms with Gasteiger partial charge in [0.15, 0.2) is 0 Å². The number of benzene rings is 1. The summed E-state index contributed by atoms with van der Waals surface area (Å²) in [6.07, 6.45) is 4.44. The molecular formula is C24H27N5O5S2. The summed E-state index contributed by atoms with van der Waals surface area (Å²) in [7, 11) is -2.02. The van der Waals surface area contributed by atoms with Crippen molar-refractivity contribution in [3.63, 3.8) is 0 Å². The second kappa shape index (κ2) is 8.87. The molecule has 10 nitrogen and oxygen atoms in total. The van der Waals surface area contributed by atoms with E-state index in [4.69, 9.17) is 4.74 Å². The van der Waals surface area contributed by atoms with E-state index >= 15 is 0 Å². The zero-order valence-corrected chi connectivity index (χ0v) is 21.4. The maximum atomic E-state index is 13.1. The number of hydrogen-bond acceptors (Lipinski definition) is 8. The Morgan fingerprint density at radius 3 is 2.94 bits per heavy atom. The topological polar surface area (TPSA) is 126 Å². The largest absolute Gasteiger partial charge is 0.475 e. The predicted molar refractivity (Wildman–Crippen MR) is 135 cm³/mol. The first-order valence-electron chi connectivity index (χ1n) is 11.9. The van der Waals surface area contributed by atoms with Gasteiger partial charge in [-0.1, -0.05) is 12.1 Å². The molecule has 1 aromatic carbocycles. The number of thiophene rings is 1. The van der Waals surface area contributed by atoms with E-state index in [1.54, 1.807) is 16.9 Å². The molecule has 190 valence electrons. The van der Waals surface area contributed by atoms with Crippen molar-refractivity contribution in [1.29, 1.82) is 0 Å². The summed E-state index contributed by atoms with van der Waals surface area (Å²) in [5.74, 6) is 0.517. The fourth-order valence-corrected chi connectivity index (χ4v) is 7.64. The number of nitrogens with zero attached hydrogens (tertiary/aromatic N) is 3. The van der Waals surface area contributed by atoms with Crippen LogP contribution in [0.15, 0.2) is 28.6 Å². The van der Waals surface area contributed by atoms with Gasteiger partial charge in [0.2, 0.25) is 5.88 Å². The number of fused-ring (bicyclic) bond motifs is 3. The molecule has 6 rings (SSSR count). The van der Waals surface area contributed by atoms with Gasteiger partial charge in [0.1, 0.15) is 16.9 Å². The van der Waals surface area contributed by atoms with Crippen LogP contribution < -0.4 is 14.8 Å². The highest BCUT2D eigenvalue weighted by Gasteiger charge is 2.29. The number of ether oxygens (including phenoxy) is 1. The number of amides is 2. The Balaban J connectivity index is 1.30. The summed E-state index contributed by atoms with van der Waals surface area (Å²) in [6.45, 7) is 2.06. The van der Waals surface area contributed by atoms with E-state index < -0.39 is 22.2 Å². The number of aliphatic hydroxyl groups is 1. The van der Waals surface area contributed by atoms with Crippen molar-refractivity contribution in [1.82, 2.24) is 19.4 Å². The summed E-state index contributed by atoms with van der Waals surface area (Å²) in [5, 5.41) is 17.1. The summed E-state index contributed by atoms with van der Waals surface area (Å²) in [6, 6.07) is 4.80. The number of likely N-dealkylation sites (N-methyl/N-ethyl adjacent to an activating group) is 1.